The van der Waals surface area contributed by atoms with E-state index < -0.39 is 24.9 Å². The minimum absolute atomic E-state index is 0. The number of rotatable bonds is 6. The van der Waals surface area contributed by atoms with Crippen LogP contribution in [0.4, 0.5) is 8.78 Å². The van der Waals surface area contributed by atoms with Crippen molar-refractivity contribution in [1.29, 1.82) is 0 Å². The molecular weight excluding hydrogens is 366 g/mol. The summed E-state index contributed by atoms with van der Waals surface area (Å²) in [6.07, 6.45) is 0.875. The van der Waals surface area contributed by atoms with Gasteiger partial charge in [0.1, 0.15) is 0 Å². The van der Waals surface area contributed by atoms with Crippen molar-refractivity contribution in [2.24, 2.45) is 0 Å². The number of aryl methyl sites for hydroxylation is 1. The molecule has 1 unspecified atom stereocenters. The van der Waals surface area contributed by atoms with Crippen molar-refractivity contribution in [2.45, 2.75) is 38.2 Å². The summed E-state index contributed by atoms with van der Waals surface area (Å²) in [5.74, 6) is -2.05. The molecule has 1 atom stereocenters. The third-order valence-corrected chi connectivity index (χ3v) is 4.12. The van der Waals surface area contributed by atoms with E-state index in [-0.39, 0.29) is 18.3 Å². The molecule has 0 saturated carbocycles. The molecule has 3 rings (SSSR count). The van der Waals surface area contributed by atoms with Crippen LogP contribution in [-0.4, -0.2) is 41.1 Å². The molecule has 2 aromatic rings. The van der Waals surface area contributed by atoms with Crippen molar-refractivity contribution in [1.82, 2.24) is 20.8 Å². The molecule has 9 heteroatoms. The van der Waals surface area contributed by atoms with Crippen LogP contribution in [0.5, 0.6) is 0 Å². The van der Waals surface area contributed by atoms with Gasteiger partial charge in [-0.2, -0.15) is 4.98 Å². The lowest BCUT2D eigenvalue weighted by Crippen LogP contribution is -2.41. The van der Waals surface area contributed by atoms with Gasteiger partial charge in [0, 0.05) is 24.9 Å². The molecule has 2 heterocycles. The molecule has 1 fully saturated rings. The zero-order chi connectivity index (χ0) is 17.9. The maximum Gasteiger partial charge on any atom is 0.262 e. The lowest BCUT2D eigenvalue weighted by Gasteiger charge is -2.11. The number of carbonyl (C=O) groups is 1. The number of alkyl halides is 2. The number of hydrogen-bond donors (Lipinski definition) is 2. The van der Waals surface area contributed by atoms with E-state index in [9.17, 15) is 13.6 Å². The second-order valence-electron chi connectivity index (χ2n) is 6.10. The Hall–Kier alpha value is -2.06. The average molecular weight is 387 g/mol. The normalized spacial score (nSPS) is 18.3. The predicted molar refractivity (Wildman–Crippen MR) is 94.4 cm³/mol. The smallest absolute Gasteiger partial charge is 0.262 e. The third-order valence-electron chi connectivity index (χ3n) is 4.12. The van der Waals surface area contributed by atoms with Crippen molar-refractivity contribution >= 4 is 18.3 Å². The van der Waals surface area contributed by atoms with Crippen LogP contribution >= 0.6 is 12.4 Å². The Morgan fingerprint density at radius 1 is 1.38 bits per heavy atom. The number of amides is 1. The molecule has 26 heavy (non-hydrogen) atoms. The topological polar surface area (TPSA) is 80.0 Å². The summed E-state index contributed by atoms with van der Waals surface area (Å²) in [5, 5.41) is 9.09. The lowest BCUT2D eigenvalue weighted by atomic mass is 10.1. The summed E-state index contributed by atoms with van der Waals surface area (Å²) < 4.78 is 31.4. The first kappa shape index (κ1) is 20.3. The van der Waals surface area contributed by atoms with Crippen LogP contribution in [0.2, 0.25) is 0 Å². The monoisotopic (exact) mass is 386 g/mol. The maximum absolute atomic E-state index is 13.1. The summed E-state index contributed by atoms with van der Waals surface area (Å²) in [6, 6.07) is 6.77. The maximum atomic E-state index is 13.1. The van der Waals surface area contributed by atoms with Gasteiger partial charge in [-0.15, -0.1) is 12.4 Å². The van der Waals surface area contributed by atoms with Crippen LogP contribution in [-0.2, 0) is 17.6 Å². The molecular formula is C17H21ClF2N4O2. The molecule has 0 aliphatic carbocycles. The van der Waals surface area contributed by atoms with E-state index in [1.54, 1.807) is 0 Å². The highest BCUT2D eigenvalue weighted by atomic mass is 35.5. The molecule has 1 aromatic carbocycles. The lowest BCUT2D eigenvalue weighted by molar-refractivity contribution is -0.123. The van der Waals surface area contributed by atoms with E-state index >= 15 is 0 Å². The number of carbonyl (C=O) groups excluding carboxylic acids is 1. The molecule has 1 aliphatic heterocycles. The molecule has 1 aromatic heterocycles. The van der Waals surface area contributed by atoms with E-state index in [0.29, 0.717) is 31.1 Å². The van der Waals surface area contributed by atoms with Gasteiger partial charge in [-0.1, -0.05) is 24.2 Å². The van der Waals surface area contributed by atoms with E-state index in [2.05, 4.69) is 20.8 Å². The molecule has 0 bridgehead atoms. The Morgan fingerprint density at radius 3 is 2.69 bits per heavy atom. The Morgan fingerprint density at radius 2 is 2.12 bits per heavy atom. The van der Waals surface area contributed by atoms with Crippen molar-refractivity contribution in [2.75, 3.05) is 13.1 Å². The highest BCUT2D eigenvalue weighted by Gasteiger charge is 2.42. The van der Waals surface area contributed by atoms with Crippen molar-refractivity contribution in [3.63, 3.8) is 0 Å². The molecule has 0 spiro atoms. The van der Waals surface area contributed by atoms with Crippen LogP contribution in [0.25, 0.3) is 11.5 Å². The number of aromatic nitrogens is 2. The first-order valence-corrected chi connectivity index (χ1v) is 8.28. The molecule has 1 amide bonds. The first-order chi connectivity index (χ1) is 12.0. The summed E-state index contributed by atoms with van der Waals surface area (Å²) in [4.78, 5) is 16.1. The number of hydrogen-bond acceptors (Lipinski definition) is 5. The van der Waals surface area contributed by atoms with Crippen molar-refractivity contribution in [3.05, 3.63) is 35.7 Å². The second kappa shape index (κ2) is 8.55. The minimum Gasteiger partial charge on any atom is -0.354 e. The largest absolute Gasteiger partial charge is 0.354 e. The van der Waals surface area contributed by atoms with Gasteiger partial charge >= 0.3 is 0 Å². The van der Waals surface area contributed by atoms with Crippen molar-refractivity contribution < 1.29 is 18.1 Å². The van der Waals surface area contributed by atoms with E-state index in [4.69, 9.17) is 4.52 Å². The minimum atomic E-state index is -2.80. The quantitative estimate of drug-likeness (QED) is 0.796. The number of nitrogens with zero attached hydrogens (tertiary/aromatic N) is 2. The molecule has 1 saturated heterocycles. The summed E-state index contributed by atoms with van der Waals surface area (Å²) in [7, 11) is 0. The van der Waals surface area contributed by atoms with E-state index in [1.807, 2.05) is 31.2 Å². The molecule has 2 N–H and O–H groups in total. The van der Waals surface area contributed by atoms with Gasteiger partial charge in [0.05, 0.1) is 12.6 Å². The fourth-order valence-electron chi connectivity index (χ4n) is 2.68. The van der Waals surface area contributed by atoms with Crippen LogP contribution in [0.15, 0.2) is 28.8 Å². The summed E-state index contributed by atoms with van der Waals surface area (Å²) in [5.41, 5.74) is 1.85. The number of nitrogens with one attached hydrogen (secondary N) is 2. The van der Waals surface area contributed by atoms with Gasteiger partial charge in [0.25, 0.3) is 11.8 Å². The summed E-state index contributed by atoms with van der Waals surface area (Å²) in [6.45, 7) is 1.90. The predicted octanol–water partition coefficient (Wildman–Crippen LogP) is 2.38. The Labute approximate surface area is 156 Å². The zero-order valence-corrected chi connectivity index (χ0v) is 15.1. The second-order valence-corrected chi connectivity index (χ2v) is 6.10. The highest BCUT2D eigenvalue weighted by molar-refractivity contribution is 5.85. The van der Waals surface area contributed by atoms with Gasteiger partial charge in [0.15, 0.2) is 5.82 Å². The van der Waals surface area contributed by atoms with E-state index in [0.717, 1.165) is 11.1 Å². The fraction of sp³-hybridized carbons (Fsp3) is 0.471. The zero-order valence-electron chi connectivity index (χ0n) is 14.3. The third kappa shape index (κ3) is 4.98. The van der Waals surface area contributed by atoms with Crippen molar-refractivity contribution in [3.8, 4) is 11.5 Å². The van der Waals surface area contributed by atoms with Gasteiger partial charge in [0.2, 0.25) is 5.91 Å². The van der Waals surface area contributed by atoms with Crippen LogP contribution < -0.4 is 10.6 Å². The molecule has 6 nitrogen and oxygen atoms in total. The van der Waals surface area contributed by atoms with Gasteiger partial charge in [-0.25, -0.2) is 8.78 Å². The molecule has 142 valence electrons. The molecule has 1 aliphatic rings. The first-order valence-electron chi connectivity index (χ1n) is 8.28. The van der Waals surface area contributed by atoms with E-state index in [1.165, 1.54) is 0 Å². The number of halogens is 3. The SMILES string of the molecule is CCc1noc(-c2ccc(CCNC(=O)C3CC(F)(F)CN3)cc2)n1.Cl. The van der Waals surface area contributed by atoms with Gasteiger partial charge in [-0.05, 0) is 24.1 Å². The van der Waals surface area contributed by atoms with Gasteiger partial charge in [-0.3, -0.25) is 10.1 Å². The number of benzene rings is 1. The Kier molecular flexibility index (Phi) is 6.66. The average Bonchev–Trinajstić information content (AvgIpc) is 3.21. The Balaban J connectivity index is 0.00000243. The standard InChI is InChI=1S/C17H20F2N4O2.ClH/c1-2-14-22-16(25-23-14)12-5-3-11(4-6-12)7-8-20-15(24)13-9-17(18,19)10-21-13;/h3-6,13,21H,2,7-10H2,1H3,(H,20,24);1H. The van der Waals surface area contributed by atoms with Crippen LogP contribution in [0, 0.1) is 0 Å². The fourth-order valence-corrected chi connectivity index (χ4v) is 2.68. The van der Waals surface area contributed by atoms with Crippen LogP contribution in [0.1, 0.15) is 24.7 Å². The summed E-state index contributed by atoms with van der Waals surface area (Å²) >= 11 is 0. The Bertz CT molecular complexity index is 737. The highest BCUT2D eigenvalue weighted by Crippen LogP contribution is 2.25. The van der Waals surface area contributed by atoms with Gasteiger partial charge < -0.3 is 9.84 Å². The molecule has 0 radical (unpaired) electrons. The van der Waals surface area contributed by atoms with Crippen LogP contribution in [0.3, 0.4) is 0 Å².